The van der Waals surface area contributed by atoms with Gasteiger partial charge in [-0.2, -0.15) is 0 Å². The molecule has 1 aromatic rings. The van der Waals surface area contributed by atoms with Crippen molar-refractivity contribution in [1.82, 2.24) is 0 Å². The topological polar surface area (TPSA) is 26.0 Å². The first-order valence-electron chi connectivity index (χ1n) is 4.80. The Balaban J connectivity index is 2.25. The van der Waals surface area contributed by atoms with Crippen LogP contribution in [0.15, 0.2) is 22.7 Å². The Hall–Kier alpha value is -0.410. The van der Waals surface area contributed by atoms with Gasteiger partial charge in [0, 0.05) is 10.5 Å². The van der Waals surface area contributed by atoms with E-state index < -0.39 is 0 Å². The van der Waals surface area contributed by atoms with E-state index in [0.717, 1.165) is 10.9 Å². The Morgan fingerprint density at radius 1 is 1.50 bits per heavy atom. The molecule has 3 unspecified atom stereocenters. The molecule has 0 amide bonds. The third kappa shape index (κ3) is 1.59. The molecule has 1 saturated carbocycles. The molecule has 0 saturated heterocycles. The first-order chi connectivity index (χ1) is 6.59. The van der Waals surface area contributed by atoms with E-state index in [2.05, 4.69) is 22.9 Å². The fraction of sp³-hybridized carbons (Fsp3) is 0.455. The molecule has 0 aliphatic heterocycles. The average molecular weight is 258 g/mol. The summed E-state index contributed by atoms with van der Waals surface area (Å²) in [5.41, 5.74) is 7.02. The predicted octanol–water partition coefficient (Wildman–Crippen LogP) is 3.04. The minimum Gasteiger partial charge on any atom is -0.327 e. The van der Waals surface area contributed by atoms with E-state index in [1.54, 1.807) is 0 Å². The van der Waals surface area contributed by atoms with E-state index in [-0.39, 0.29) is 5.82 Å². The molecule has 0 aromatic heterocycles. The molecule has 2 rings (SSSR count). The molecule has 3 heteroatoms. The molecular formula is C11H13BrFN. The van der Waals surface area contributed by atoms with E-state index in [1.165, 1.54) is 17.7 Å². The molecule has 0 heterocycles. The van der Waals surface area contributed by atoms with Gasteiger partial charge in [-0.05, 0) is 36.0 Å². The summed E-state index contributed by atoms with van der Waals surface area (Å²) < 4.78 is 13.7. The van der Waals surface area contributed by atoms with Gasteiger partial charge in [-0.15, -0.1) is 0 Å². The second-order valence-electron chi connectivity index (χ2n) is 4.03. The van der Waals surface area contributed by atoms with E-state index in [4.69, 9.17) is 5.73 Å². The van der Waals surface area contributed by atoms with Crippen molar-refractivity contribution in [2.45, 2.75) is 25.3 Å². The smallest absolute Gasteiger partial charge is 0.124 e. The van der Waals surface area contributed by atoms with Crippen molar-refractivity contribution >= 4 is 15.9 Å². The zero-order chi connectivity index (χ0) is 10.3. The van der Waals surface area contributed by atoms with Gasteiger partial charge >= 0.3 is 0 Å². The summed E-state index contributed by atoms with van der Waals surface area (Å²) in [5, 5.41) is 0. The van der Waals surface area contributed by atoms with Crippen LogP contribution in [0.2, 0.25) is 0 Å². The lowest BCUT2D eigenvalue weighted by Crippen LogP contribution is -2.44. The minimum atomic E-state index is -0.197. The van der Waals surface area contributed by atoms with Crippen molar-refractivity contribution in [1.29, 1.82) is 0 Å². The van der Waals surface area contributed by atoms with Crippen molar-refractivity contribution in [3.8, 4) is 0 Å². The molecule has 1 fully saturated rings. The van der Waals surface area contributed by atoms with Crippen LogP contribution >= 0.6 is 15.9 Å². The van der Waals surface area contributed by atoms with Gasteiger partial charge in [0.05, 0.1) is 0 Å². The number of benzene rings is 1. The molecule has 1 aliphatic rings. The summed E-state index contributed by atoms with van der Waals surface area (Å²) in [6, 6.07) is 5.19. The maximum absolute atomic E-state index is 12.9. The van der Waals surface area contributed by atoms with Crippen LogP contribution in [-0.2, 0) is 0 Å². The van der Waals surface area contributed by atoms with Crippen LogP contribution in [-0.4, -0.2) is 6.04 Å². The summed E-state index contributed by atoms with van der Waals surface area (Å²) in [5.74, 6) is 0.786. The highest BCUT2D eigenvalue weighted by molar-refractivity contribution is 9.10. The zero-order valence-corrected chi connectivity index (χ0v) is 9.59. The van der Waals surface area contributed by atoms with Gasteiger partial charge < -0.3 is 5.73 Å². The SMILES string of the molecule is CC1C(N)CC1c1ccc(F)cc1Br. The first kappa shape index (κ1) is 10.1. The third-order valence-electron chi connectivity index (χ3n) is 3.20. The highest BCUT2D eigenvalue weighted by Gasteiger charge is 2.36. The number of nitrogens with two attached hydrogens (primary N) is 1. The lowest BCUT2D eigenvalue weighted by molar-refractivity contribution is 0.226. The largest absolute Gasteiger partial charge is 0.327 e. The highest BCUT2D eigenvalue weighted by atomic mass is 79.9. The second-order valence-corrected chi connectivity index (χ2v) is 4.89. The van der Waals surface area contributed by atoms with Gasteiger partial charge in [-0.1, -0.05) is 28.9 Å². The Morgan fingerprint density at radius 3 is 2.71 bits per heavy atom. The van der Waals surface area contributed by atoms with Crippen LogP contribution < -0.4 is 5.73 Å². The van der Waals surface area contributed by atoms with Crippen LogP contribution in [0.5, 0.6) is 0 Å². The second kappa shape index (κ2) is 3.63. The van der Waals surface area contributed by atoms with E-state index in [1.807, 2.05) is 6.07 Å². The van der Waals surface area contributed by atoms with Crippen molar-refractivity contribution in [2.75, 3.05) is 0 Å². The Bertz CT molecular complexity index is 353. The normalized spacial score (nSPS) is 31.3. The Labute approximate surface area is 91.6 Å². The van der Waals surface area contributed by atoms with Gasteiger partial charge in [0.25, 0.3) is 0 Å². The van der Waals surface area contributed by atoms with Crippen LogP contribution in [0, 0.1) is 11.7 Å². The molecule has 0 radical (unpaired) electrons. The van der Waals surface area contributed by atoms with Crippen molar-refractivity contribution in [3.63, 3.8) is 0 Å². The maximum atomic E-state index is 12.9. The van der Waals surface area contributed by atoms with Gasteiger partial charge in [0.1, 0.15) is 5.82 Å². The van der Waals surface area contributed by atoms with E-state index >= 15 is 0 Å². The molecule has 76 valence electrons. The van der Waals surface area contributed by atoms with Crippen molar-refractivity contribution in [2.24, 2.45) is 11.7 Å². The van der Waals surface area contributed by atoms with Gasteiger partial charge in [-0.3, -0.25) is 0 Å². The lowest BCUT2D eigenvalue weighted by atomic mass is 9.67. The lowest BCUT2D eigenvalue weighted by Gasteiger charge is -2.41. The standard InChI is InChI=1S/C11H13BrFN/c1-6-9(5-11(6)14)8-3-2-7(13)4-10(8)12/h2-4,6,9,11H,5,14H2,1H3. The van der Waals surface area contributed by atoms with E-state index in [0.29, 0.717) is 17.9 Å². The van der Waals surface area contributed by atoms with Crippen LogP contribution in [0.1, 0.15) is 24.8 Å². The molecule has 1 aliphatic carbocycles. The predicted molar refractivity (Wildman–Crippen MR) is 58.6 cm³/mol. The highest BCUT2D eigenvalue weighted by Crippen LogP contribution is 2.43. The molecule has 0 spiro atoms. The molecule has 3 atom stereocenters. The summed E-state index contributed by atoms with van der Waals surface area (Å²) in [6.07, 6.45) is 1.01. The monoisotopic (exact) mass is 257 g/mol. The number of halogens is 2. The number of hydrogen-bond donors (Lipinski definition) is 1. The molecular weight excluding hydrogens is 245 g/mol. The summed E-state index contributed by atoms with van der Waals surface area (Å²) >= 11 is 3.39. The number of hydrogen-bond acceptors (Lipinski definition) is 1. The van der Waals surface area contributed by atoms with Crippen LogP contribution in [0.4, 0.5) is 4.39 Å². The average Bonchev–Trinajstić information content (AvgIpc) is 2.15. The van der Waals surface area contributed by atoms with Crippen LogP contribution in [0.3, 0.4) is 0 Å². The summed E-state index contributed by atoms with van der Waals surface area (Å²) in [6.45, 7) is 2.15. The van der Waals surface area contributed by atoms with Crippen molar-refractivity contribution < 1.29 is 4.39 Å². The molecule has 2 N–H and O–H groups in total. The summed E-state index contributed by atoms with van der Waals surface area (Å²) in [4.78, 5) is 0. The van der Waals surface area contributed by atoms with Gasteiger partial charge in [0.2, 0.25) is 0 Å². The zero-order valence-electron chi connectivity index (χ0n) is 8.00. The summed E-state index contributed by atoms with van der Waals surface area (Å²) in [7, 11) is 0. The number of rotatable bonds is 1. The molecule has 1 nitrogen and oxygen atoms in total. The Morgan fingerprint density at radius 2 is 2.21 bits per heavy atom. The molecule has 14 heavy (non-hydrogen) atoms. The molecule has 1 aromatic carbocycles. The fourth-order valence-corrected chi connectivity index (χ4v) is 2.68. The fourth-order valence-electron chi connectivity index (χ4n) is 2.04. The van der Waals surface area contributed by atoms with Crippen molar-refractivity contribution in [3.05, 3.63) is 34.1 Å². The van der Waals surface area contributed by atoms with E-state index in [9.17, 15) is 4.39 Å². The third-order valence-corrected chi connectivity index (χ3v) is 3.88. The minimum absolute atomic E-state index is 0.197. The Kier molecular flexibility index (Phi) is 2.62. The quantitative estimate of drug-likeness (QED) is 0.823. The molecule has 0 bridgehead atoms. The maximum Gasteiger partial charge on any atom is 0.124 e. The van der Waals surface area contributed by atoms with Gasteiger partial charge in [-0.25, -0.2) is 4.39 Å². The van der Waals surface area contributed by atoms with Gasteiger partial charge in [0.15, 0.2) is 0 Å². The van der Waals surface area contributed by atoms with Crippen LogP contribution in [0.25, 0.3) is 0 Å². The first-order valence-corrected chi connectivity index (χ1v) is 5.59.